The maximum Gasteiger partial charge on any atom is 0.416 e. The molecule has 1 aliphatic heterocycles. The lowest BCUT2D eigenvalue weighted by molar-refractivity contribution is -0.137. The van der Waals surface area contributed by atoms with Crippen LogP contribution in [0, 0.1) is 5.92 Å². The van der Waals surface area contributed by atoms with Crippen molar-refractivity contribution >= 4 is 18.3 Å². The van der Waals surface area contributed by atoms with Gasteiger partial charge in [0.05, 0.1) is 11.5 Å². The number of halogens is 4. The highest BCUT2D eigenvalue weighted by atomic mass is 35.5. The minimum atomic E-state index is -4.33. The van der Waals surface area contributed by atoms with Crippen LogP contribution in [0.15, 0.2) is 24.3 Å². The van der Waals surface area contributed by atoms with Crippen molar-refractivity contribution in [3.8, 4) is 0 Å². The van der Waals surface area contributed by atoms with Crippen molar-refractivity contribution in [3.63, 3.8) is 0 Å². The summed E-state index contributed by atoms with van der Waals surface area (Å²) >= 11 is 0. The van der Waals surface area contributed by atoms with Crippen molar-refractivity contribution in [1.29, 1.82) is 0 Å². The fourth-order valence-corrected chi connectivity index (χ4v) is 3.22. The second kappa shape index (κ2) is 7.31. The second-order valence-electron chi connectivity index (χ2n) is 6.62. The SMILES string of the molecule is Cl.O=C(NCC1(c2cccc(C(F)(F)F)c2)CC1)C1CCCNC1. The number of rotatable bonds is 4. The van der Waals surface area contributed by atoms with Crippen LogP contribution in [-0.2, 0) is 16.4 Å². The average molecular weight is 363 g/mol. The van der Waals surface area contributed by atoms with Crippen molar-refractivity contribution in [1.82, 2.24) is 10.6 Å². The van der Waals surface area contributed by atoms with Gasteiger partial charge in [-0.05, 0) is 43.9 Å². The summed E-state index contributed by atoms with van der Waals surface area (Å²) in [7, 11) is 0. The zero-order valence-corrected chi connectivity index (χ0v) is 14.1. The summed E-state index contributed by atoms with van der Waals surface area (Å²) in [4.78, 5) is 12.2. The summed E-state index contributed by atoms with van der Waals surface area (Å²) in [6.45, 7) is 2.05. The molecule has 0 radical (unpaired) electrons. The Morgan fingerprint density at radius 2 is 2.08 bits per heavy atom. The third kappa shape index (κ3) is 4.22. The third-order valence-electron chi connectivity index (χ3n) is 4.92. The highest BCUT2D eigenvalue weighted by Gasteiger charge is 2.45. The molecule has 1 amide bonds. The van der Waals surface area contributed by atoms with Gasteiger partial charge >= 0.3 is 6.18 Å². The first-order chi connectivity index (χ1) is 10.9. The molecule has 1 saturated heterocycles. The van der Waals surface area contributed by atoms with E-state index >= 15 is 0 Å². The van der Waals surface area contributed by atoms with Gasteiger partial charge in [0.1, 0.15) is 0 Å². The summed E-state index contributed by atoms with van der Waals surface area (Å²) < 4.78 is 38.6. The van der Waals surface area contributed by atoms with Gasteiger partial charge in [-0.25, -0.2) is 0 Å². The Balaban J connectivity index is 0.00000208. The van der Waals surface area contributed by atoms with Crippen molar-refractivity contribution < 1.29 is 18.0 Å². The standard InChI is InChI=1S/C17H21F3N2O.ClH/c18-17(19,20)14-5-1-4-13(9-14)16(6-7-16)11-22-15(23)12-3-2-8-21-10-12;/h1,4-5,9,12,21H,2-3,6-8,10-11H2,(H,22,23);1H. The van der Waals surface area contributed by atoms with Crippen LogP contribution >= 0.6 is 12.4 Å². The molecule has 3 nitrogen and oxygen atoms in total. The van der Waals surface area contributed by atoms with Crippen LogP contribution in [0.25, 0.3) is 0 Å². The number of carbonyl (C=O) groups excluding carboxylic acids is 1. The van der Waals surface area contributed by atoms with E-state index in [1.54, 1.807) is 6.07 Å². The largest absolute Gasteiger partial charge is 0.416 e. The van der Waals surface area contributed by atoms with E-state index in [4.69, 9.17) is 0 Å². The maximum atomic E-state index is 12.9. The Labute approximate surface area is 145 Å². The van der Waals surface area contributed by atoms with Gasteiger partial charge in [0, 0.05) is 18.5 Å². The molecule has 0 bridgehead atoms. The van der Waals surface area contributed by atoms with Gasteiger partial charge in [-0.1, -0.05) is 18.2 Å². The molecule has 24 heavy (non-hydrogen) atoms. The molecule has 7 heteroatoms. The maximum absolute atomic E-state index is 12.9. The fraction of sp³-hybridized carbons (Fsp3) is 0.588. The molecule has 0 spiro atoms. The van der Waals surface area contributed by atoms with E-state index in [0.29, 0.717) is 18.7 Å². The number of piperidine rings is 1. The molecular formula is C17H22ClF3N2O. The van der Waals surface area contributed by atoms with Gasteiger partial charge in [-0.2, -0.15) is 13.2 Å². The number of nitrogens with one attached hydrogen (secondary N) is 2. The normalized spacial score (nSPS) is 22.4. The van der Waals surface area contributed by atoms with Crippen LogP contribution in [0.4, 0.5) is 13.2 Å². The van der Waals surface area contributed by atoms with Crippen molar-refractivity contribution in [3.05, 3.63) is 35.4 Å². The number of amides is 1. The summed E-state index contributed by atoms with van der Waals surface area (Å²) in [5, 5.41) is 6.15. The molecule has 134 valence electrons. The second-order valence-corrected chi connectivity index (χ2v) is 6.62. The molecule has 1 heterocycles. The van der Waals surface area contributed by atoms with Gasteiger partial charge in [0.2, 0.25) is 5.91 Å². The first-order valence-corrected chi connectivity index (χ1v) is 8.07. The molecule has 2 N–H and O–H groups in total. The monoisotopic (exact) mass is 362 g/mol. The van der Waals surface area contributed by atoms with Gasteiger partial charge in [0.25, 0.3) is 0 Å². The van der Waals surface area contributed by atoms with E-state index in [9.17, 15) is 18.0 Å². The van der Waals surface area contributed by atoms with Gasteiger partial charge in [0.15, 0.2) is 0 Å². The number of benzene rings is 1. The van der Waals surface area contributed by atoms with Crippen LogP contribution in [0.2, 0.25) is 0 Å². The van der Waals surface area contributed by atoms with E-state index in [1.807, 2.05) is 0 Å². The van der Waals surface area contributed by atoms with Crippen LogP contribution in [0.1, 0.15) is 36.8 Å². The van der Waals surface area contributed by atoms with Crippen LogP contribution < -0.4 is 10.6 Å². The van der Waals surface area contributed by atoms with E-state index in [0.717, 1.165) is 38.3 Å². The molecule has 1 aromatic rings. The van der Waals surface area contributed by atoms with Gasteiger partial charge < -0.3 is 10.6 Å². The molecule has 3 rings (SSSR count). The van der Waals surface area contributed by atoms with Gasteiger partial charge in [-0.15, -0.1) is 12.4 Å². The molecular weight excluding hydrogens is 341 g/mol. The molecule has 1 aliphatic carbocycles. The van der Waals surface area contributed by atoms with Crippen LogP contribution in [0.5, 0.6) is 0 Å². The first-order valence-electron chi connectivity index (χ1n) is 8.07. The van der Waals surface area contributed by atoms with E-state index in [-0.39, 0.29) is 29.6 Å². The Morgan fingerprint density at radius 3 is 2.67 bits per heavy atom. The first kappa shape index (κ1) is 19.1. The fourth-order valence-electron chi connectivity index (χ4n) is 3.22. The van der Waals surface area contributed by atoms with Crippen LogP contribution in [-0.4, -0.2) is 25.5 Å². The quantitative estimate of drug-likeness (QED) is 0.863. The van der Waals surface area contributed by atoms with E-state index < -0.39 is 11.7 Å². The Bertz CT molecular complexity index is 581. The zero-order valence-electron chi connectivity index (χ0n) is 13.3. The number of carbonyl (C=O) groups is 1. The molecule has 1 unspecified atom stereocenters. The molecule has 2 fully saturated rings. The smallest absolute Gasteiger partial charge is 0.355 e. The molecule has 0 aromatic heterocycles. The van der Waals surface area contributed by atoms with Crippen LogP contribution in [0.3, 0.4) is 0 Å². The van der Waals surface area contributed by atoms with Gasteiger partial charge in [-0.3, -0.25) is 4.79 Å². The highest BCUT2D eigenvalue weighted by Crippen LogP contribution is 2.48. The van der Waals surface area contributed by atoms with E-state index in [2.05, 4.69) is 10.6 Å². The minimum absolute atomic E-state index is 0. The lowest BCUT2D eigenvalue weighted by Crippen LogP contribution is -2.42. The molecule has 1 saturated carbocycles. The molecule has 2 aliphatic rings. The number of alkyl halides is 3. The van der Waals surface area contributed by atoms with Crippen molar-refractivity contribution in [2.75, 3.05) is 19.6 Å². The third-order valence-corrected chi connectivity index (χ3v) is 4.92. The Kier molecular flexibility index (Phi) is 5.81. The lowest BCUT2D eigenvalue weighted by atomic mass is 9.93. The van der Waals surface area contributed by atoms with Crippen molar-refractivity contribution in [2.24, 2.45) is 5.92 Å². The zero-order chi connectivity index (χ0) is 16.5. The molecule has 1 atom stereocenters. The average Bonchev–Trinajstić information content (AvgIpc) is 3.34. The summed E-state index contributed by atoms with van der Waals surface area (Å²) in [5.74, 6) is -0.0171. The van der Waals surface area contributed by atoms with E-state index in [1.165, 1.54) is 12.1 Å². The molecule has 1 aromatic carbocycles. The Morgan fingerprint density at radius 1 is 1.33 bits per heavy atom. The van der Waals surface area contributed by atoms with Crippen molar-refractivity contribution in [2.45, 2.75) is 37.3 Å². The topological polar surface area (TPSA) is 41.1 Å². The summed E-state index contributed by atoms with van der Waals surface area (Å²) in [6, 6.07) is 5.49. The Hall–Kier alpha value is -1.27. The number of hydrogen-bond acceptors (Lipinski definition) is 2. The number of hydrogen-bond donors (Lipinski definition) is 2. The summed E-state index contributed by atoms with van der Waals surface area (Å²) in [6.07, 6.45) is -0.843. The predicted octanol–water partition coefficient (Wildman–Crippen LogP) is 3.27. The summed E-state index contributed by atoms with van der Waals surface area (Å²) in [5.41, 5.74) is -0.266. The minimum Gasteiger partial charge on any atom is -0.355 e. The lowest BCUT2D eigenvalue weighted by Gasteiger charge is -2.24. The predicted molar refractivity (Wildman–Crippen MR) is 88.2 cm³/mol. The highest BCUT2D eigenvalue weighted by molar-refractivity contribution is 5.85.